The predicted molar refractivity (Wildman–Crippen MR) is 174 cm³/mol. The second-order valence-electron chi connectivity index (χ2n) is 11.6. The Morgan fingerprint density at radius 3 is 1.93 bits per heavy atom. The van der Waals surface area contributed by atoms with E-state index in [1.807, 2.05) is 66.7 Å². The topological polar surface area (TPSA) is 58.2 Å². The molecule has 0 fully saturated rings. The largest absolute Gasteiger partial charge is 0.268 e. The molecule has 2 aromatic heterocycles. The van der Waals surface area contributed by atoms with Crippen molar-refractivity contribution in [1.29, 1.82) is 5.26 Å². The number of aryl methyl sites for hydroxylation is 1. The van der Waals surface area contributed by atoms with Crippen LogP contribution in [0.3, 0.4) is 0 Å². The van der Waals surface area contributed by atoms with E-state index in [1.54, 1.807) is 4.40 Å². The van der Waals surface area contributed by atoms with Crippen molar-refractivity contribution < 1.29 is 0 Å². The number of aromatic nitrogens is 2. The van der Waals surface area contributed by atoms with Crippen LogP contribution in [0.5, 0.6) is 0 Å². The molecule has 204 valence electrons. The fraction of sp³-hybridized carbons (Fsp3) is 0.103. The molecule has 8 rings (SSSR count). The first-order valence-corrected chi connectivity index (χ1v) is 14.6. The average molecular weight is 554 g/mol. The summed E-state index contributed by atoms with van der Waals surface area (Å²) in [6.07, 6.45) is 3.23. The summed E-state index contributed by atoms with van der Waals surface area (Å²) in [5.74, 6) is 0. The third-order valence-electron chi connectivity index (χ3n) is 9.28. The van der Waals surface area contributed by atoms with Crippen LogP contribution in [0.25, 0.3) is 55.5 Å². The molecule has 0 radical (unpaired) electrons. The van der Waals surface area contributed by atoms with Crippen molar-refractivity contribution in [3.63, 3.8) is 0 Å². The molecule has 0 spiro atoms. The Hall–Kier alpha value is -5.53. The maximum atomic E-state index is 14.5. The lowest BCUT2D eigenvalue weighted by atomic mass is 9.73. The quantitative estimate of drug-likeness (QED) is 0.220. The zero-order valence-corrected chi connectivity index (χ0v) is 23.7. The minimum Gasteiger partial charge on any atom is -0.268 e. The number of nitrogens with zero attached hydrogens (tertiary/aromatic N) is 3. The van der Waals surface area contributed by atoms with E-state index >= 15 is 0 Å². The van der Waals surface area contributed by atoms with E-state index in [4.69, 9.17) is 4.98 Å². The molecule has 1 atom stereocenters. The molecular formula is C39H27N3O. The van der Waals surface area contributed by atoms with Gasteiger partial charge in [0.25, 0.3) is 5.56 Å². The van der Waals surface area contributed by atoms with Gasteiger partial charge in [-0.2, -0.15) is 5.26 Å². The van der Waals surface area contributed by atoms with Gasteiger partial charge in [0.15, 0.2) is 0 Å². The summed E-state index contributed by atoms with van der Waals surface area (Å²) in [4.78, 5) is 19.6. The fourth-order valence-corrected chi connectivity index (χ4v) is 6.98. The maximum absolute atomic E-state index is 14.5. The number of fused-ring (bicyclic) bond motifs is 4. The Bertz CT molecular complexity index is 2270. The number of hydrogen-bond donors (Lipinski definition) is 0. The minimum atomic E-state index is -0.470. The summed E-state index contributed by atoms with van der Waals surface area (Å²) < 4.78 is 1.80. The number of imidazole rings is 1. The van der Waals surface area contributed by atoms with Crippen LogP contribution in [-0.2, 0) is 11.8 Å². The third kappa shape index (κ3) is 3.68. The SMILES string of the molecule is CC1(c2ccccc2)CCc2c(nc3c4ccc(-c5ccccc5)c5c(-c6ccccc6)ccc(c(=O)n23)c54)C=C1C#N. The van der Waals surface area contributed by atoms with Crippen molar-refractivity contribution in [2.75, 3.05) is 0 Å². The zero-order valence-electron chi connectivity index (χ0n) is 23.7. The Morgan fingerprint density at radius 2 is 1.33 bits per heavy atom. The summed E-state index contributed by atoms with van der Waals surface area (Å²) in [6, 6.07) is 41.7. The number of pyridine rings is 1. The van der Waals surface area contributed by atoms with Crippen molar-refractivity contribution in [3.8, 4) is 28.3 Å². The van der Waals surface area contributed by atoms with Gasteiger partial charge in [0.1, 0.15) is 5.65 Å². The van der Waals surface area contributed by atoms with E-state index in [0.29, 0.717) is 35.1 Å². The van der Waals surface area contributed by atoms with Gasteiger partial charge in [-0.25, -0.2) is 4.98 Å². The molecule has 7 aromatic rings. The highest BCUT2D eigenvalue weighted by atomic mass is 16.1. The third-order valence-corrected chi connectivity index (χ3v) is 9.28. The van der Waals surface area contributed by atoms with Gasteiger partial charge in [-0.3, -0.25) is 9.20 Å². The number of nitriles is 1. The Labute approximate surface area is 249 Å². The summed E-state index contributed by atoms with van der Waals surface area (Å²) in [7, 11) is 0. The lowest BCUT2D eigenvalue weighted by Gasteiger charge is -2.28. The zero-order chi connectivity index (χ0) is 29.1. The highest BCUT2D eigenvalue weighted by Crippen LogP contribution is 2.43. The van der Waals surface area contributed by atoms with E-state index in [-0.39, 0.29) is 5.56 Å². The van der Waals surface area contributed by atoms with Crippen LogP contribution in [0.15, 0.2) is 126 Å². The number of benzene rings is 5. The van der Waals surface area contributed by atoms with E-state index in [2.05, 4.69) is 67.6 Å². The van der Waals surface area contributed by atoms with E-state index in [0.717, 1.165) is 49.7 Å². The van der Waals surface area contributed by atoms with Gasteiger partial charge in [-0.15, -0.1) is 0 Å². The van der Waals surface area contributed by atoms with Crippen LogP contribution < -0.4 is 5.56 Å². The second kappa shape index (κ2) is 9.51. The summed E-state index contributed by atoms with van der Waals surface area (Å²) in [5.41, 5.74) is 7.80. The molecule has 0 saturated carbocycles. The van der Waals surface area contributed by atoms with Gasteiger partial charge in [0, 0.05) is 27.1 Å². The lowest BCUT2D eigenvalue weighted by molar-refractivity contribution is 0.522. The van der Waals surface area contributed by atoms with Crippen LogP contribution >= 0.6 is 0 Å². The monoisotopic (exact) mass is 553 g/mol. The molecule has 0 bridgehead atoms. The Balaban J connectivity index is 1.46. The van der Waals surface area contributed by atoms with Gasteiger partial charge < -0.3 is 0 Å². The van der Waals surface area contributed by atoms with Gasteiger partial charge in [-0.1, -0.05) is 110 Å². The van der Waals surface area contributed by atoms with Crippen molar-refractivity contribution in [3.05, 3.63) is 148 Å². The van der Waals surface area contributed by atoms with Gasteiger partial charge in [0.2, 0.25) is 0 Å². The Kier molecular flexibility index (Phi) is 5.57. The first-order valence-electron chi connectivity index (χ1n) is 14.6. The maximum Gasteiger partial charge on any atom is 0.264 e. The smallest absolute Gasteiger partial charge is 0.264 e. The number of hydrogen-bond acceptors (Lipinski definition) is 3. The predicted octanol–water partition coefficient (Wildman–Crippen LogP) is 8.58. The van der Waals surface area contributed by atoms with Crippen LogP contribution in [0.2, 0.25) is 0 Å². The van der Waals surface area contributed by atoms with Gasteiger partial charge >= 0.3 is 0 Å². The highest BCUT2D eigenvalue weighted by molar-refractivity contribution is 6.22. The standard InChI is InChI=1S/C39H27N3O/c1-39(27-15-9-4-10-16-27)22-21-34-33(23-28(39)24-40)41-37-31-19-17-29(25-11-5-2-6-12-25)35-30(26-13-7-3-8-14-26)18-20-32(36(31)35)38(43)42(34)37/h2-20,23H,21-22H2,1H3. The normalized spacial score (nSPS) is 16.6. The first kappa shape index (κ1) is 25.2. The van der Waals surface area contributed by atoms with Crippen LogP contribution in [0.4, 0.5) is 0 Å². The molecular weight excluding hydrogens is 526 g/mol. The highest BCUT2D eigenvalue weighted by Gasteiger charge is 2.35. The molecule has 4 heteroatoms. The van der Waals surface area contributed by atoms with E-state index < -0.39 is 5.41 Å². The molecule has 4 nitrogen and oxygen atoms in total. The van der Waals surface area contributed by atoms with Crippen molar-refractivity contribution in [2.24, 2.45) is 0 Å². The molecule has 5 aromatic carbocycles. The minimum absolute atomic E-state index is 0.0682. The molecule has 43 heavy (non-hydrogen) atoms. The van der Waals surface area contributed by atoms with E-state index in [1.165, 1.54) is 0 Å². The van der Waals surface area contributed by atoms with Crippen LogP contribution in [0.1, 0.15) is 30.3 Å². The molecule has 0 N–H and O–H groups in total. The van der Waals surface area contributed by atoms with Crippen LogP contribution in [0, 0.1) is 11.3 Å². The molecule has 1 unspecified atom stereocenters. The van der Waals surface area contributed by atoms with Crippen molar-refractivity contribution in [1.82, 2.24) is 9.38 Å². The van der Waals surface area contributed by atoms with E-state index in [9.17, 15) is 10.1 Å². The molecule has 2 heterocycles. The molecule has 1 aliphatic rings. The Morgan fingerprint density at radius 1 is 0.744 bits per heavy atom. The lowest BCUT2D eigenvalue weighted by Crippen LogP contribution is -2.25. The number of allylic oxidation sites excluding steroid dienone is 1. The van der Waals surface area contributed by atoms with Gasteiger partial charge in [-0.05, 0) is 64.3 Å². The molecule has 0 aliphatic heterocycles. The molecule has 1 aliphatic carbocycles. The summed E-state index contributed by atoms with van der Waals surface area (Å²) in [5, 5.41) is 13.9. The van der Waals surface area contributed by atoms with Crippen molar-refractivity contribution in [2.45, 2.75) is 25.2 Å². The molecule has 0 saturated heterocycles. The fourth-order valence-electron chi connectivity index (χ4n) is 6.98. The average Bonchev–Trinajstić information content (AvgIpc) is 3.37. The number of rotatable bonds is 3. The first-order chi connectivity index (χ1) is 21.1. The van der Waals surface area contributed by atoms with Crippen molar-refractivity contribution >= 4 is 33.3 Å². The van der Waals surface area contributed by atoms with Gasteiger partial charge in [0.05, 0.1) is 17.5 Å². The second-order valence-corrected chi connectivity index (χ2v) is 11.6. The van der Waals surface area contributed by atoms with Crippen LogP contribution in [-0.4, -0.2) is 9.38 Å². The molecule has 0 amide bonds. The summed E-state index contributed by atoms with van der Waals surface area (Å²) >= 11 is 0. The summed E-state index contributed by atoms with van der Waals surface area (Å²) in [6.45, 7) is 2.12.